The summed E-state index contributed by atoms with van der Waals surface area (Å²) in [5.74, 6) is 1.59. The second-order valence-corrected chi connectivity index (χ2v) is 9.24. The quantitative estimate of drug-likeness (QED) is 0.502. The summed E-state index contributed by atoms with van der Waals surface area (Å²) in [5, 5.41) is 0. The highest BCUT2D eigenvalue weighted by Crippen LogP contribution is 2.30. The average Bonchev–Trinajstić information content (AvgIpc) is 2.80. The Morgan fingerprint density at radius 2 is 1.63 bits per heavy atom. The molecule has 3 heteroatoms. The van der Waals surface area contributed by atoms with Crippen LogP contribution in [-0.2, 0) is 12.8 Å². The molecular weight excluding hydrogens is 373 g/mol. The summed E-state index contributed by atoms with van der Waals surface area (Å²) in [6, 6.07) is 13.7. The number of rotatable bonds is 8. The first-order valence-corrected chi connectivity index (χ1v) is 11.9. The Morgan fingerprint density at radius 3 is 2.40 bits per heavy atom. The van der Waals surface area contributed by atoms with Crippen LogP contribution >= 0.6 is 0 Å². The first kappa shape index (κ1) is 21.4. The molecule has 1 heterocycles. The molecule has 30 heavy (non-hydrogen) atoms. The van der Waals surface area contributed by atoms with E-state index >= 15 is 0 Å². The van der Waals surface area contributed by atoms with Crippen molar-refractivity contribution >= 4 is 0 Å². The Labute approximate surface area is 181 Å². The highest BCUT2D eigenvalue weighted by molar-refractivity contribution is 5.37. The molecule has 0 N–H and O–H groups in total. The molecule has 1 aliphatic carbocycles. The molecule has 0 spiro atoms. The van der Waals surface area contributed by atoms with E-state index in [1.807, 2.05) is 12.1 Å². The van der Waals surface area contributed by atoms with Gasteiger partial charge in [0.2, 0.25) is 0 Å². The first-order chi connectivity index (χ1) is 14.7. The van der Waals surface area contributed by atoms with Crippen LogP contribution in [0.3, 0.4) is 0 Å². The van der Waals surface area contributed by atoms with Crippen LogP contribution in [0.1, 0.15) is 68.1 Å². The van der Waals surface area contributed by atoms with Gasteiger partial charge in [0.1, 0.15) is 11.6 Å². The number of hydrogen-bond donors (Lipinski definition) is 0. The van der Waals surface area contributed by atoms with E-state index < -0.39 is 0 Å². The third kappa shape index (κ3) is 5.63. The summed E-state index contributed by atoms with van der Waals surface area (Å²) in [7, 11) is 0. The summed E-state index contributed by atoms with van der Waals surface area (Å²) >= 11 is 0. The standard InChI is InChI=1S/C27H36FNO/c1-21(22-9-12-26(28)13-10-22)25(15-18-29-16-5-2-6-17-29)20-30-27-14-11-23-7-3-4-8-24(23)19-27/h9-14,19,21,25H,2-8,15-18,20H2,1H3. The summed E-state index contributed by atoms with van der Waals surface area (Å²) < 4.78 is 19.8. The van der Waals surface area contributed by atoms with Crippen LogP contribution in [0, 0.1) is 11.7 Å². The number of likely N-dealkylation sites (tertiary alicyclic amines) is 1. The zero-order chi connectivity index (χ0) is 20.8. The largest absolute Gasteiger partial charge is 0.493 e. The zero-order valence-electron chi connectivity index (χ0n) is 18.4. The highest BCUT2D eigenvalue weighted by Gasteiger charge is 2.22. The number of halogens is 1. The van der Waals surface area contributed by atoms with Crippen molar-refractivity contribution in [2.45, 2.75) is 64.2 Å². The van der Waals surface area contributed by atoms with E-state index in [-0.39, 0.29) is 5.82 Å². The van der Waals surface area contributed by atoms with Crippen LogP contribution in [-0.4, -0.2) is 31.1 Å². The molecule has 4 rings (SSSR count). The summed E-state index contributed by atoms with van der Waals surface area (Å²) in [5.41, 5.74) is 4.17. The molecule has 2 aromatic carbocycles. The average molecular weight is 410 g/mol. The third-order valence-corrected chi connectivity index (χ3v) is 7.15. The van der Waals surface area contributed by atoms with E-state index in [0.717, 1.165) is 18.7 Å². The minimum absolute atomic E-state index is 0.166. The van der Waals surface area contributed by atoms with Gasteiger partial charge < -0.3 is 9.64 Å². The lowest BCUT2D eigenvalue weighted by molar-refractivity contribution is 0.173. The molecule has 2 unspecified atom stereocenters. The van der Waals surface area contributed by atoms with Crippen molar-refractivity contribution in [3.63, 3.8) is 0 Å². The molecule has 0 bridgehead atoms. The predicted molar refractivity (Wildman–Crippen MR) is 122 cm³/mol. The minimum Gasteiger partial charge on any atom is -0.493 e. The van der Waals surface area contributed by atoms with Crippen LogP contribution < -0.4 is 4.74 Å². The maximum absolute atomic E-state index is 13.4. The second kappa shape index (κ2) is 10.4. The molecule has 0 aromatic heterocycles. The van der Waals surface area contributed by atoms with E-state index in [4.69, 9.17) is 4.74 Å². The van der Waals surface area contributed by atoms with Gasteiger partial charge in [0.15, 0.2) is 0 Å². The van der Waals surface area contributed by atoms with E-state index in [2.05, 4.69) is 30.0 Å². The van der Waals surface area contributed by atoms with Gasteiger partial charge >= 0.3 is 0 Å². The van der Waals surface area contributed by atoms with E-state index in [1.165, 1.54) is 74.7 Å². The van der Waals surface area contributed by atoms with Gasteiger partial charge in [-0.05, 0) is 111 Å². The van der Waals surface area contributed by atoms with Crippen LogP contribution in [0.4, 0.5) is 4.39 Å². The summed E-state index contributed by atoms with van der Waals surface area (Å²) in [4.78, 5) is 2.60. The maximum Gasteiger partial charge on any atom is 0.123 e. The number of piperidine rings is 1. The van der Waals surface area contributed by atoms with Crippen LogP contribution in [0.25, 0.3) is 0 Å². The van der Waals surface area contributed by atoms with Crippen molar-refractivity contribution in [2.24, 2.45) is 5.92 Å². The number of aryl methyl sites for hydroxylation is 2. The molecule has 0 amide bonds. The van der Waals surface area contributed by atoms with E-state index in [9.17, 15) is 4.39 Å². The van der Waals surface area contributed by atoms with Gasteiger partial charge in [0, 0.05) is 5.92 Å². The maximum atomic E-state index is 13.4. The van der Waals surface area contributed by atoms with Crippen LogP contribution in [0.2, 0.25) is 0 Å². The van der Waals surface area contributed by atoms with Crippen LogP contribution in [0.5, 0.6) is 5.75 Å². The van der Waals surface area contributed by atoms with Gasteiger partial charge in [-0.15, -0.1) is 0 Å². The Morgan fingerprint density at radius 1 is 0.900 bits per heavy atom. The molecular formula is C27H36FNO. The lowest BCUT2D eigenvalue weighted by Crippen LogP contribution is -2.33. The third-order valence-electron chi connectivity index (χ3n) is 7.15. The molecule has 2 atom stereocenters. The number of nitrogens with zero attached hydrogens (tertiary/aromatic N) is 1. The summed E-state index contributed by atoms with van der Waals surface area (Å²) in [6.45, 7) is 6.56. The van der Waals surface area contributed by atoms with Crippen molar-refractivity contribution in [3.8, 4) is 5.75 Å². The first-order valence-electron chi connectivity index (χ1n) is 11.9. The van der Waals surface area contributed by atoms with Crippen molar-refractivity contribution in [2.75, 3.05) is 26.2 Å². The monoisotopic (exact) mass is 409 g/mol. The normalized spacial score (nSPS) is 19.1. The van der Waals surface area contributed by atoms with Crippen molar-refractivity contribution in [1.82, 2.24) is 4.90 Å². The number of ether oxygens (including phenoxy) is 1. The van der Waals surface area contributed by atoms with Crippen molar-refractivity contribution in [3.05, 3.63) is 65.0 Å². The number of benzene rings is 2. The number of fused-ring (bicyclic) bond motifs is 1. The Hall–Kier alpha value is -1.87. The fraction of sp³-hybridized carbons (Fsp3) is 0.556. The molecule has 162 valence electrons. The topological polar surface area (TPSA) is 12.5 Å². The lowest BCUT2D eigenvalue weighted by atomic mass is 9.85. The van der Waals surface area contributed by atoms with Gasteiger partial charge in [0.05, 0.1) is 6.61 Å². The SMILES string of the molecule is CC(c1ccc(F)cc1)C(CCN1CCCCC1)COc1ccc2c(c1)CCCC2. The smallest absolute Gasteiger partial charge is 0.123 e. The van der Waals surface area contributed by atoms with Crippen LogP contribution in [0.15, 0.2) is 42.5 Å². The molecule has 1 aliphatic heterocycles. The fourth-order valence-corrected chi connectivity index (χ4v) is 5.05. The molecule has 2 aliphatic rings. The van der Waals surface area contributed by atoms with E-state index in [1.54, 1.807) is 12.1 Å². The van der Waals surface area contributed by atoms with Gasteiger partial charge in [-0.2, -0.15) is 0 Å². The van der Waals surface area contributed by atoms with Gasteiger partial charge in [-0.1, -0.05) is 31.5 Å². The Bertz CT molecular complexity index is 797. The second-order valence-electron chi connectivity index (χ2n) is 9.24. The Balaban J connectivity index is 1.42. The lowest BCUT2D eigenvalue weighted by Gasteiger charge is -2.30. The summed E-state index contributed by atoms with van der Waals surface area (Å²) in [6.07, 6.45) is 10.1. The fourth-order valence-electron chi connectivity index (χ4n) is 5.05. The van der Waals surface area contributed by atoms with Gasteiger partial charge in [-0.25, -0.2) is 4.39 Å². The highest BCUT2D eigenvalue weighted by atomic mass is 19.1. The van der Waals surface area contributed by atoms with Crippen molar-refractivity contribution < 1.29 is 9.13 Å². The number of hydrogen-bond acceptors (Lipinski definition) is 2. The zero-order valence-corrected chi connectivity index (χ0v) is 18.4. The molecule has 2 nitrogen and oxygen atoms in total. The van der Waals surface area contributed by atoms with Crippen molar-refractivity contribution in [1.29, 1.82) is 0 Å². The minimum atomic E-state index is -0.166. The van der Waals surface area contributed by atoms with E-state index in [0.29, 0.717) is 18.4 Å². The van der Waals surface area contributed by atoms with Gasteiger partial charge in [0.25, 0.3) is 0 Å². The van der Waals surface area contributed by atoms with Gasteiger partial charge in [-0.3, -0.25) is 0 Å². The molecule has 1 fully saturated rings. The molecule has 2 aromatic rings. The molecule has 0 radical (unpaired) electrons. The predicted octanol–water partition coefficient (Wildman–Crippen LogP) is 6.38. The Kier molecular flexibility index (Phi) is 7.43. The molecule has 0 saturated carbocycles. The molecule has 1 saturated heterocycles.